The van der Waals surface area contributed by atoms with Crippen molar-refractivity contribution in [3.8, 4) is 0 Å². The van der Waals surface area contributed by atoms with E-state index in [0.29, 0.717) is 0 Å². The van der Waals surface area contributed by atoms with Gasteiger partial charge < -0.3 is 5.11 Å². The van der Waals surface area contributed by atoms with Gasteiger partial charge in [0.2, 0.25) is 0 Å². The summed E-state index contributed by atoms with van der Waals surface area (Å²) in [5.74, 6) is -1.96. The first-order chi connectivity index (χ1) is 9.88. The summed E-state index contributed by atoms with van der Waals surface area (Å²) in [5.41, 5.74) is 0.0384. The zero-order valence-corrected chi connectivity index (χ0v) is 11.3. The number of hydrogen-bond donors (Lipinski definition) is 3. The van der Waals surface area contributed by atoms with Crippen LogP contribution in [0.5, 0.6) is 0 Å². The van der Waals surface area contributed by atoms with Crippen LogP contribution in [0.2, 0.25) is 0 Å². The van der Waals surface area contributed by atoms with Crippen LogP contribution in [-0.2, 0) is 14.8 Å². The van der Waals surface area contributed by atoms with Gasteiger partial charge in [0.25, 0.3) is 10.0 Å². The molecule has 0 saturated carbocycles. The molecule has 0 fully saturated rings. The van der Waals surface area contributed by atoms with Gasteiger partial charge in [0.05, 0.1) is 11.9 Å². The largest absolute Gasteiger partial charge is 0.478 e. The molecule has 0 saturated heterocycles. The minimum atomic E-state index is -3.87. The maximum Gasteiger partial charge on any atom is 0.328 e. The highest BCUT2D eigenvalue weighted by Crippen LogP contribution is 2.18. The lowest BCUT2D eigenvalue weighted by molar-refractivity contribution is -0.131. The predicted octanol–water partition coefficient (Wildman–Crippen LogP) is 1.45. The molecule has 21 heavy (non-hydrogen) atoms. The normalized spacial score (nSPS) is 11.7. The Hall–Kier alpha value is -2.68. The van der Waals surface area contributed by atoms with Gasteiger partial charge in [-0.3, -0.25) is 9.82 Å². The number of carbonyl (C=O) groups is 1. The van der Waals surface area contributed by atoms with Gasteiger partial charge in [-0.15, -0.1) is 0 Å². The molecule has 3 N–H and O–H groups in total. The summed E-state index contributed by atoms with van der Waals surface area (Å²) in [7, 11) is -3.87. The van der Waals surface area contributed by atoms with Crippen molar-refractivity contribution in [3.05, 3.63) is 47.9 Å². The lowest BCUT2D eigenvalue weighted by Gasteiger charge is -2.07. The zero-order valence-electron chi connectivity index (χ0n) is 10.4. The number of sulfonamides is 1. The monoisotopic (exact) mass is 311 g/mol. The third kappa shape index (κ3) is 3.66. The number of halogens is 1. The first-order valence-electron chi connectivity index (χ1n) is 5.61. The van der Waals surface area contributed by atoms with E-state index in [9.17, 15) is 17.6 Å². The number of benzene rings is 1. The Morgan fingerprint density at radius 1 is 1.38 bits per heavy atom. The Morgan fingerprint density at radius 3 is 2.71 bits per heavy atom. The summed E-state index contributed by atoms with van der Waals surface area (Å²) in [5, 5.41) is 14.1. The second-order valence-electron chi connectivity index (χ2n) is 3.93. The number of rotatable bonds is 5. The number of nitrogens with zero attached hydrogens (tertiary/aromatic N) is 1. The summed E-state index contributed by atoms with van der Waals surface area (Å²) in [4.78, 5) is 10.4. The molecular weight excluding hydrogens is 301 g/mol. The number of H-pyrrole nitrogens is 1. The van der Waals surface area contributed by atoms with E-state index in [4.69, 9.17) is 5.11 Å². The molecular formula is C12H10FN3O4S. The molecule has 0 bridgehead atoms. The Bertz CT molecular complexity index is 785. The first-order valence-corrected chi connectivity index (χ1v) is 7.09. The number of aromatic nitrogens is 2. The van der Waals surface area contributed by atoms with Crippen LogP contribution in [-0.4, -0.2) is 29.7 Å². The van der Waals surface area contributed by atoms with Crippen LogP contribution >= 0.6 is 0 Å². The molecule has 0 atom stereocenters. The van der Waals surface area contributed by atoms with Gasteiger partial charge in [-0.25, -0.2) is 9.18 Å². The fraction of sp³-hybridized carbons (Fsp3) is 0. The molecule has 0 spiro atoms. The summed E-state index contributed by atoms with van der Waals surface area (Å²) >= 11 is 0. The summed E-state index contributed by atoms with van der Waals surface area (Å²) in [6, 6.07) is 4.79. The molecule has 0 aliphatic rings. The second kappa shape index (κ2) is 5.75. The number of anilines is 1. The molecule has 0 amide bonds. The van der Waals surface area contributed by atoms with Crippen LogP contribution in [0.4, 0.5) is 10.1 Å². The van der Waals surface area contributed by atoms with Gasteiger partial charge in [-0.05, 0) is 30.3 Å². The number of hydrogen-bond acceptors (Lipinski definition) is 4. The molecule has 0 aliphatic carbocycles. The fourth-order valence-electron chi connectivity index (χ4n) is 1.49. The van der Waals surface area contributed by atoms with E-state index in [0.717, 1.165) is 18.2 Å². The maximum atomic E-state index is 13.7. The lowest BCUT2D eigenvalue weighted by atomic mass is 10.2. The van der Waals surface area contributed by atoms with Crippen molar-refractivity contribution in [1.82, 2.24) is 10.2 Å². The molecule has 7 nitrogen and oxygen atoms in total. The van der Waals surface area contributed by atoms with Crippen LogP contribution < -0.4 is 4.72 Å². The van der Waals surface area contributed by atoms with Gasteiger partial charge in [-0.1, -0.05) is 0 Å². The molecule has 0 aliphatic heterocycles. The number of nitrogens with one attached hydrogen (secondary N) is 2. The second-order valence-corrected chi connectivity index (χ2v) is 5.59. The van der Waals surface area contributed by atoms with Crippen molar-refractivity contribution >= 4 is 27.8 Å². The first kappa shape index (κ1) is 14.7. The molecule has 110 valence electrons. The summed E-state index contributed by atoms with van der Waals surface area (Å²) in [6.45, 7) is 0. The summed E-state index contributed by atoms with van der Waals surface area (Å²) in [6.07, 6.45) is 3.13. The standard InChI is InChI=1S/C12H10FN3O4S/c13-10-7-9(3-1-8(10)2-4-12(17)18)16-21(19,20)11-5-6-14-15-11/h1-7,16H,(H,14,15)(H,17,18)/b4-2+. The highest BCUT2D eigenvalue weighted by atomic mass is 32.2. The molecule has 0 unspecified atom stereocenters. The van der Waals surface area contributed by atoms with Gasteiger partial charge >= 0.3 is 5.97 Å². The average molecular weight is 311 g/mol. The average Bonchev–Trinajstić information content (AvgIpc) is 2.91. The van der Waals surface area contributed by atoms with E-state index in [1.165, 1.54) is 24.4 Å². The van der Waals surface area contributed by atoms with E-state index in [-0.39, 0.29) is 16.3 Å². The molecule has 9 heteroatoms. The maximum absolute atomic E-state index is 13.7. The van der Waals surface area contributed by atoms with Crippen LogP contribution in [0.1, 0.15) is 5.56 Å². The smallest absolute Gasteiger partial charge is 0.328 e. The molecule has 1 aromatic heterocycles. The van der Waals surface area contributed by atoms with E-state index < -0.39 is 21.8 Å². The summed E-state index contributed by atoms with van der Waals surface area (Å²) < 4.78 is 39.6. The lowest BCUT2D eigenvalue weighted by Crippen LogP contribution is -2.13. The van der Waals surface area contributed by atoms with Gasteiger partial charge in [0, 0.05) is 11.6 Å². The third-order valence-corrected chi connectivity index (χ3v) is 3.73. The van der Waals surface area contributed by atoms with Gasteiger partial charge in [0.1, 0.15) is 5.82 Å². The number of carboxylic acids is 1. The Labute approximate surface area is 119 Å². The fourth-order valence-corrected chi connectivity index (χ4v) is 2.45. The van der Waals surface area contributed by atoms with Crippen LogP contribution in [0.15, 0.2) is 41.6 Å². The van der Waals surface area contributed by atoms with E-state index in [1.54, 1.807) is 0 Å². The Kier molecular flexibility index (Phi) is 4.03. The zero-order chi connectivity index (χ0) is 15.5. The van der Waals surface area contributed by atoms with Crippen molar-refractivity contribution in [2.24, 2.45) is 0 Å². The predicted molar refractivity (Wildman–Crippen MR) is 72.5 cm³/mol. The van der Waals surface area contributed by atoms with E-state index in [2.05, 4.69) is 14.9 Å². The quantitative estimate of drug-likeness (QED) is 0.723. The van der Waals surface area contributed by atoms with Crippen LogP contribution in [0, 0.1) is 5.82 Å². The SMILES string of the molecule is O=C(O)/C=C/c1ccc(NS(=O)(=O)c2ccn[nH]2)cc1F. The van der Waals surface area contributed by atoms with Crippen molar-refractivity contribution in [2.75, 3.05) is 4.72 Å². The van der Waals surface area contributed by atoms with Crippen molar-refractivity contribution < 1.29 is 22.7 Å². The highest BCUT2D eigenvalue weighted by molar-refractivity contribution is 7.92. The minimum absolute atomic E-state index is 0.00887. The third-order valence-electron chi connectivity index (χ3n) is 2.42. The van der Waals surface area contributed by atoms with Crippen molar-refractivity contribution in [2.45, 2.75) is 5.03 Å². The number of aromatic amines is 1. The molecule has 1 heterocycles. The molecule has 2 rings (SSSR count). The van der Waals surface area contributed by atoms with Crippen molar-refractivity contribution in [3.63, 3.8) is 0 Å². The molecule has 0 radical (unpaired) electrons. The molecule has 2 aromatic rings. The highest BCUT2D eigenvalue weighted by Gasteiger charge is 2.16. The topological polar surface area (TPSA) is 112 Å². The Morgan fingerprint density at radius 2 is 2.14 bits per heavy atom. The minimum Gasteiger partial charge on any atom is -0.478 e. The Balaban J connectivity index is 2.23. The van der Waals surface area contributed by atoms with Crippen LogP contribution in [0.25, 0.3) is 6.08 Å². The van der Waals surface area contributed by atoms with Crippen LogP contribution in [0.3, 0.4) is 0 Å². The number of aliphatic carboxylic acids is 1. The van der Waals surface area contributed by atoms with Gasteiger partial charge in [0.15, 0.2) is 5.03 Å². The van der Waals surface area contributed by atoms with Crippen molar-refractivity contribution in [1.29, 1.82) is 0 Å². The van der Waals surface area contributed by atoms with Gasteiger partial charge in [-0.2, -0.15) is 13.5 Å². The number of carboxylic acid groups (broad SMARTS) is 1. The van der Waals surface area contributed by atoms with E-state index >= 15 is 0 Å². The van der Waals surface area contributed by atoms with E-state index in [1.807, 2.05) is 0 Å². The molecule has 1 aromatic carbocycles.